The van der Waals surface area contributed by atoms with Crippen LogP contribution >= 0.6 is 11.8 Å². The molecule has 2 bridgehead atoms. The first-order valence-electron chi connectivity index (χ1n) is 6.17. The molecule has 1 N–H and O–H groups in total. The molecule has 16 heavy (non-hydrogen) atoms. The van der Waals surface area contributed by atoms with E-state index in [9.17, 15) is 4.79 Å². The number of nitrogens with one attached hydrogen (secondary N) is 1. The Morgan fingerprint density at radius 2 is 1.94 bits per heavy atom. The van der Waals surface area contributed by atoms with Crippen molar-refractivity contribution < 1.29 is 4.79 Å². The number of thioether (sulfide) groups is 1. The van der Waals surface area contributed by atoms with Crippen molar-refractivity contribution in [2.75, 3.05) is 13.3 Å². The minimum atomic E-state index is 0.0949. The number of piperidine rings is 1. The van der Waals surface area contributed by atoms with Gasteiger partial charge in [0.25, 0.3) is 0 Å². The lowest BCUT2D eigenvalue weighted by atomic mass is 9.98. The van der Waals surface area contributed by atoms with Gasteiger partial charge in [-0.25, -0.2) is 0 Å². The number of hydrogen-bond acceptors (Lipinski definition) is 3. The van der Waals surface area contributed by atoms with Crippen LogP contribution in [0.4, 0.5) is 0 Å². The van der Waals surface area contributed by atoms with Gasteiger partial charge in [-0.1, -0.05) is 0 Å². The molecule has 92 valence electrons. The second kappa shape index (κ2) is 4.96. The van der Waals surface area contributed by atoms with Crippen molar-refractivity contribution in [3.8, 4) is 0 Å². The summed E-state index contributed by atoms with van der Waals surface area (Å²) in [5.74, 6) is 0.291. The van der Waals surface area contributed by atoms with Gasteiger partial charge in [-0.2, -0.15) is 11.8 Å². The Morgan fingerprint density at radius 3 is 2.44 bits per heavy atom. The van der Waals surface area contributed by atoms with Gasteiger partial charge in [0.1, 0.15) is 0 Å². The number of fused-ring (bicyclic) bond motifs is 2. The van der Waals surface area contributed by atoms with E-state index in [2.05, 4.69) is 5.32 Å². The Balaban J connectivity index is 1.94. The molecule has 0 aliphatic carbocycles. The van der Waals surface area contributed by atoms with E-state index < -0.39 is 0 Å². The normalized spacial score (nSPS) is 34.8. The SMILES string of the molecule is CSC(C)C(=O)N(C)C1CC2CCC(C1)N2. The molecule has 3 atom stereocenters. The van der Waals surface area contributed by atoms with Crippen LogP contribution in [0.15, 0.2) is 0 Å². The van der Waals surface area contributed by atoms with Crippen LogP contribution in [0.1, 0.15) is 32.6 Å². The minimum Gasteiger partial charge on any atom is -0.342 e. The van der Waals surface area contributed by atoms with Crippen LogP contribution < -0.4 is 5.32 Å². The van der Waals surface area contributed by atoms with Crippen LogP contribution in [0.5, 0.6) is 0 Å². The Hall–Kier alpha value is -0.220. The summed E-state index contributed by atoms with van der Waals surface area (Å²) in [6.07, 6.45) is 6.87. The zero-order valence-electron chi connectivity index (χ0n) is 10.4. The highest BCUT2D eigenvalue weighted by atomic mass is 32.2. The quantitative estimate of drug-likeness (QED) is 0.813. The van der Waals surface area contributed by atoms with E-state index in [1.807, 2.05) is 25.1 Å². The fraction of sp³-hybridized carbons (Fsp3) is 0.917. The molecular weight excluding hydrogens is 220 g/mol. The van der Waals surface area contributed by atoms with Gasteiger partial charge in [-0.05, 0) is 38.9 Å². The second-order valence-electron chi connectivity index (χ2n) is 5.09. The van der Waals surface area contributed by atoms with Gasteiger partial charge in [0.05, 0.1) is 5.25 Å². The van der Waals surface area contributed by atoms with Gasteiger partial charge in [0.15, 0.2) is 0 Å². The zero-order valence-corrected chi connectivity index (χ0v) is 11.2. The van der Waals surface area contributed by atoms with Crippen molar-refractivity contribution in [1.29, 1.82) is 0 Å². The summed E-state index contributed by atoms with van der Waals surface area (Å²) in [6.45, 7) is 2.00. The fourth-order valence-corrected chi connectivity index (χ4v) is 3.28. The highest BCUT2D eigenvalue weighted by Gasteiger charge is 2.36. The molecule has 2 heterocycles. The van der Waals surface area contributed by atoms with Crippen molar-refractivity contribution in [3.05, 3.63) is 0 Å². The third kappa shape index (κ3) is 2.38. The number of rotatable bonds is 3. The van der Waals surface area contributed by atoms with E-state index in [-0.39, 0.29) is 5.25 Å². The Morgan fingerprint density at radius 1 is 1.38 bits per heavy atom. The van der Waals surface area contributed by atoms with Gasteiger partial charge in [0.2, 0.25) is 5.91 Å². The molecule has 0 aromatic heterocycles. The molecular formula is C12H22N2OS. The van der Waals surface area contributed by atoms with Crippen LogP contribution in [0.2, 0.25) is 0 Å². The molecule has 2 aliphatic rings. The van der Waals surface area contributed by atoms with Crippen molar-refractivity contribution in [2.45, 2.75) is 56.0 Å². The number of amides is 1. The van der Waals surface area contributed by atoms with E-state index in [4.69, 9.17) is 0 Å². The summed E-state index contributed by atoms with van der Waals surface area (Å²) < 4.78 is 0. The molecule has 0 saturated carbocycles. The Bertz CT molecular complexity index is 260. The van der Waals surface area contributed by atoms with Crippen molar-refractivity contribution >= 4 is 17.7 Å². The summed E-state index contributed by atoms with van der Waals surface area (Å²) >= 11 is 1.64. The lowest BCUT2D eigenvalue weighted by Crippen LogP contribution is -2.50. The van der Waals surface area contributed by atoms with Crippen molar-refractivity contribution in [1.82, 2.24) is 10.2 Å². The molecule has 2 rings (SSSR count). The average Bonchev–Trinajstić information content (AvgIpc) is 2.65. The fourth-order valence-electron chi connectivity index (χ4n) is 2.91. The van der Waals surface area contributed by atoms with Gasteiger partial charge in [-0.15, -0.1) is 0 Å². The van der Waals surface area contributed by atoms with E-state index in [0.717, 1.165) is 12.8 Å². The topological polar surface area (TPSA) is 32.3 Å². The molecule has 4 heteroatoms. The van der Waals surface area contributed by atoms with Gasteiger partial charge in [0, 0.05) is 25.2 Å². The first kappa shape index (κ1) is 12.2. The third-order valence-electron chi connectivity index (χ3n) is 4.04. The van der Waals surface area contributed by atoms with Crippen molar-refractivity contribution in [2.24, 2.45) is 0 Å². The molecule has 2 aliphatic heterocycles. The number of hydrogen-bond donors (Lipinski definition) is 1. The predicted molar refractivity (Wildman–Crippen MR) is 68.7 cm³/mol. The van der Waals surface area contributed by atoms with E-state index in [1.54, 1.807) is 11.8 Å². The molecule has 1 amide bonds. The highest BCUT2D eigenvalue weighted by Crippen LogP contribution is 2.29. The van der Waals surface area contributed by atoms with E-state index in [0.29, 0.717) is 24.0 Å². The summed E-state index contributed by atoms with van der Waals surface area (Å²) in [7, 11) is 1.98. The molecule has 2 saturated heterocycles. The molecule has 0 radical (unpaired) electrons. The molecule has 0 spiro atoms. The molecule has 3 unspecified atom stereocenters. The maximum atomic E-state index is 12.1. The maximum absolute atomic E-state index is 12.1. The number of carbonyl (C=O) groups excluding carboxylic acids is 1. The van der Waals surface area contributed by atoms with Crippen molar-refractivity contribution in [3.63, 3.8) is 0 Å². The summed E-state index contributed by atoms with van der Waals surface area (Å²) in [6, 6.07) is 1.77. The third-order valence-corrected chi connectivity index (χ3v) is 4.95. The van der Waals surface area contributed by atoms with Crippen LogP contribution in [-0.4, -0.2) is 47.5 Å². The van der Waals surface area contributed by atoms with Crippen LogP contribution in [0, 0.1) is 0 Å². The largest absolute Gasteiger partial charge is 0.342 e. The molecule has 2 fully saturated rings. The maximum Gasteiger partial charge on any atom is 0.235 e. The van der Waals surface area contributed by atoms with E-state index in [1.165, 1.54) is 12.8 Å². The standard InChI is InChI=1S/C12H22N2OS/c1-8(16-3)12(15)14(2)11-6-9-4-5-10(7-11)13-9/h8-11,13H,4-7H2,1-3H3. The lowest BCUT2D eigenvalue weighted by molar-refractivity contribution is -0.131. The van der Waals surface area contributed by atoms with Crippen LogP contribution in [-0.2, 0) is 4.79 Å². The van der Waals surface area contributed by atoms with Gasteiger partial charge < -0.3 is 10.2 Å². The number of nitrogens with zero attached hydrogens (tertiary/aromatic N) is 1. The Kier molecular flexibility index (Phi) is 3.80. The summed E-state index contributed by atoms with van der Waals surface area (Å²) in [5.41, 5.74) is 0. The molecule has 0 aromatic rings. The van der Waals surface area contributed by atoms with E-state index >= 15 is 0 Å². The number of carbonyl (C=O) groups is 1. The molecule has 3 nitrogen and oxygen atoms in total. The minimum absolute atomic E-state index is 0.0949. The molecule has 0 aromatic carbocycles. The highest BCUT2D eigenvalue weighted by molar-refractivity contribution is 7.99. The predicted octanol–water partition coefficient (Wildman–Crippen LogP) is 1.48. The smallest absolute Gasteiger partial charge is 0.235 e. The van der Waals surface area contributed by atoms with Crippen LogP contribution in [0.25, 0.3) is 0 Å². The first-order valence-corrected chi connectivity index (χ1v) is 7.46. The zero-order chi connectivity index (χ0) is 11.7. The Labute approximate surface area is 102 Å². The lowest BCUT2D eigenvalue weighted by Gasteiger charge is -2.36. The monoisotopic (exact) mass is 242 g/mol. The average molecular weight is 242 g/mol. The van der Waals surface area contributed by atoms with Gasteiger partial charge in [-0.3, -0.25) is 4.79 Å². The summed E-state index contributed by atoms with van der Waals surface area (Å²) in [5, 5.41) is 3.71. The first-order chi connectivity index (χ1) is 7.61. The summed E-state index contributed by atoms with van der Waals surface area (Å²) in [4.78, 5) is 14.1. The van der Waals surface area contributed by atoms with Crippen LogP contribution in [0.3, 0.4) is 0 Å². The second-order valence-corrected chi connectivity index (χ2v) is 6.27. The van der Waals surface area contributed by atoms with Gasteiger partial charge >= 0.3 is 0 Å².